The monoisotopic (exact) mass is 302 g/mol. The van der Waals surface area contributed by atoms with Crippen molar-refractivity contribution in [3.05, 3.63) is 6.20 Å². The number of rotatable bonds is 8. The number of nitrogens with one attached hydrogen (secondary N) is 1. The Morgan fingerprint density at radius 1 is 1.63 bits per heavy atom. The molecule has 0 bridgehead atoms. The highest BCUT2D eigenvalue weighted by molar-refractivity contribution is 7.99. The van der Waals surface area contributed by atoms with Crippen LogP contribution < -0.4 is 10.5 Å². The highest BCUT2D eigenvalue weighted by Crippen LogP contribution is 2.16. The first-order chi connectivity index (χ1) is 9.01. The standard InChI is InChI=1S/C11H18N4O2S2/c1-3-6-15-9-10(11(12)14-15)19(16,17)13-5-8-18-7-4-2/h2,9,13H,3,5-8H2,1H3,(H2,12,14). The normalized spacial score (nSPS) is 11.4. The predicted molar refractivity (Wildman–Crippen MR) is 78.3 cm³/mol. The number of anilines is 1. The van der Waals surface area contributed by atoms with Crippen LogP contribution in [0.25, 0.3) is 0 Å². The smallest absolute Gasteiger partial charge is 0.245 e. The molecule has 0 spiro atoms. The van der Waals surface area contributed by atoms with E-state index >= 15 is 0 Å². The Balaban J connectivity index is 2.64. The van der Waals surface area contributed by atoms with E-state index in [4.69, 9.17) is 12.2 Å². The van der Waals surface area contributed by atoms with Crippen LogP contribution in [-0.2, 0) is 16.6 Å². The molecule has 19 heavy (non-hydrogen) atoms. The van der Waals surface area contributed by atoms with Gasteiger partial charge in [0, 0.05) is 25.0 Å². The van der Waals surface area contributed by atoms with Gasteiger partial charge < -0.3 is 5.73 Å². The third-order valence-electron chi connectivity index (χ3n) is 2.22. The van der Waals surface area contributed by atoms with Gasteiger partial charge in [0.1, 0.15) is 4.90 Å². The van der Waals surface area contributed by atoms with Crippen LogP contribution in [0.1, 0.15) is 13.3 Å². The number of nitrogens with zero attached hydrogens (tertiary/aromatic N) is 2. The van der Waals surface area contributed by atoms with Crippen molar-refractivity contribution in [3.8, 4) is 12.3 Å². The average molecular weight is 302 g/mol. The zero-order chi connectivity index (χ0) is 14.3. The van der Waals surface area contributed by atoms with Gasteiger partial charge >= 0.3 is 0 Å². The first-order valence-corrected chi connectivity index (χ1v) is 8.49. The lowest BCUT2D eigenvalue weighted by molar-refractivity contribution is 0.582. The summed E-state index contributed by atoms with van der Waals surface area (Å²) in [7, 11) is -3.60. The fraction of sp³-hybridized carbons (Fsp3) is 0.545. The average Bonchev–Trinajstić information content (AvgIpc) is 2.71. The third-order valence-corrected chi connectivity index (χ3v) is 4.56. The predicted octanol–water partition coefficient (Wildman–Crippen LogP) is 0.520. The second-order valence-corrected chi connectivity index (χ2v) is 6.64. The van der Waals surface area contributed by atoms with E-state index in [0.29, 0.717) is 24.6 Å². The Bertz CT molecular complexity index is 546. The first kappa shape index (κ1) is 15.9. The van der Waals surface area contributed by atoms with Crippen LogP contribution in [0.4, 0.5) is 5.82 Å². The molecule has 3 N–H and O–H groups in total. The van der Waals surface area contributed by atoms with E-state index in [1.165, 1.54) is 22.6 Å². The van der Waals surface area contributed by atoms with E-state index in [9.17, 15) is 8.42 Å². The van der Waals surface area contributed by atoms with Gasteiger partial charge in [-0.1, -0.05) is 12.8 Å². The first-order valence-electron chi connectivity index (χ1n) is 5.85. The molecule has 1 heterocycles. The van der Waals surface area contributed by atoms with Gasteiger partial charge in [-0.3, -0.25) is 4.68 Å². The summed E-state index contributed by atoms with van der Waals surface area (Å²) in [6.45, 7) is 2.93. The molecule has 0 aliphatic carbocycles. The van der Waals surface area contributed by atoms with E-state index in [0.717, 1.165) is 6.42 Å². The van der Waals surface area contributed by atoms with Gasteiger partial charge in [0.2, 0.25) is 10.0 Å². The van der Waals surface area contributed by atoms with Gasteiger partial charge in [-0.05, 0) is 6.42 Å². The number of aromatic nitrogens is 2. The van der Waals surface area contributed by atoms with Gasteiger partial charge in [-0.15, -0.1) is 18.2 Å². The quantitative estimate of drug-likeness (QED) is 0.540. The van der Waals surface area contributed by atoms with Crippen molar-refractivity contribution >= 4 is 27.6 Å². The number of nitrogens with two attached hydrogens (primary N) is 1. The number of hydrogen-bond donors (Lipinski definition) is 2. The lowest BCUT2D eigenvalue weighted by atomic mass is 10.5. The Hall–Kier alpha value is -1.17. The highest BCUT2D eigenvalue weighted by atomic mass is 32.2. The Morgan fingerprint density at radius 2 is 2.37 bits per heavy atom. The lowest BCUT2D eigenvalue weighted by Gasteiger charge is -2.04. The number of thioether (sulfide) groups is 1. The van der Waals surface area contributed by atoms with Crippen molar-refractivity contribution in [2.75, 3.05) is 23.8 Å². The Morgan fingerprint density at radius 3 is 3.00 bits per heavy atom. The summed E-state index contributed by atoms with van der Waals surface area (Å²) in [6, 6.07) is 0. The molecular weight excluding hydrogens is 284 g/mol. The van der Waals surface area contributed by atoms with E-state index in [2.05, 4.69) is 15.7 Å². The molecule has 0 saturated heterocycles. The number of nitrogen functional groups attached to an aromatic ring is 1. The minimum atomic E-state index is -3.60. The van der Waals surface area contributed by atoms with Crippen molar-refractivity contribution in [2.45, 2.75) is 24.8 Å². The second-order valence-electron chi connectivity index (χ2n) is 3.80. The van der Waals surface area contributed by atoms with E-state index in [1.54, 1.807) is 0 Å². The second kappa shape index (κ2) is 7.43. The summed E-state index contributed by atoms with van der Waals surface area (Å²) in [5, 5.41) is 3.97. The van der Waals surface area contributed by atoms with Crippen molar-refractivity contribution in [1.29, 1.82) is 0 Å². The van der Waals surface area contributed by atoms with Crippen LogP contribution in [-0.4, -0.2) is 36.2 Å². The molecule has 0 amide bonds. The van der Waals surface area contributed by atoms with Crippen LogP contribution in [0, 0.1) is 12.3 Å². The highest BCUT2D eigenvalue weighted by Gasteiger charge is 2.20. The lowest BCUT2D eigenvalue weighted by Crippen LogP contribution is -2.26. The van der Waals surface area contributed by atoms with Gasteiger partial charge in [0.05, 0.1) is 5.75 Å². The zero-order valence-corrected chi connectivity index (χ0v) is 12.4. The van der Waals surface area contributed by atoms with Crippen LogP contribution in [0.3, 0.4) is 0 Å². The molecule has 1 aromatic rings. The largest absolute Gasteiger partial charge is 0.381 e. The molecular formula is C11H18N4O2S2. The van der Waals surface area contributed by atoms with Crippen molar-refractivity contribution in [3.63, 3.8) is 0 Å². The van der Waals surface area contributed by atoms with Gasteiger partial charge in [0.25, 0.3) is 0 Å². The SMILES string of the molecule is C#CCSCCNS(=O)(=O)c1cn(CCC)nc1N. The molecule has 8 heteroatoms. The minimum Gasteiger partial charge on any atom is -0.381 e. The summed E-state index contributed by atoms with van der Waals surface area (Å²) >= 11 is 1.49. The van der Waals surface area contributed by atoms with Gasteiger partial charge in [0.15, 0.2) is 5.82 Å². The van der Waals surface area contributed by atoms with Crippen molar-refractivity contribution < 1.29 is 8.42 Å². The van der Waals surface area contributed by atoms with Crippen LogP contribution in [0.15, 0.2) is 11.1 Å². The molecule has 1 rings (SSSR count). The zero-order valence-electron chi connectivity index (χ0n) is 10.8. The van der Waals surface area contributed by atoms with E-state index in [1.807, 2.05) is 6.92 Å². The van der Waals surface area contributed by atoms with Gasteiger partial charge in [-0.25, -0.2) is 13.1 Å². The maximum Gasteiger partial charge on any atom is 0.245 e. The molecule has 0 saturated carbocycles. The molecule has 0 aliphatic rings. The number of sulfonamides is 1. The van der Waals surface area contributed by atoms with E-state index in [-0.39, 0.29) is 10.7 Å². The third kappa shape index (κ3) is 4.78. The maximum absolute atomic E-state index is 12.0. The number of aryl methyl sites for hydroxylation is 1. The topological polar surface area (TPSA) is 90.0 Å². The Kier molecular flexibility index (Phi) is 6.21. The van der Waals surface area contributed by atoms with Crippen LogP contribution >= 0.6 is 11.8 Å². The summed E-state index contributed by atoms with van der Waals surface area (Å²) in [4.78, 5) is 0.0305. The molecule has 0 unspecified atom stereocenters. The van der Waals surface area contributed by atoms with Crippen molar-refractivity contribution in [1.82, 2.24) is 14.5 Å². The fourth-order valence-electron chi connectivity index (χ4n) is 1.43. The molecule has 6 nitrogen and oxygen atoms in total. The molecule has 106 valence electrons. The van der Waals surface area contributed by atoms with Crippen LogP contribution in [0.5, 0.6) is 0 Å². The fourth-order valence-corrected chi connectivity index (χ4v) is 3.17. The minimum absolute atomic E-state index is 0.0252. The molecule has 0 fully saturated rings. The number of hydrogen-bond acceptors (Lipinski definition) is 5. The summed E-state index contributed by atoms with van der Waals surface area (Å²) in [5.74, 6) is 3.69. The van der Waals surface area contributed by atoms with E-state index < -0.39 is 10.0 Å². The maximum atomic E-state index is 12.0. The molecule has 0 radical (unpaired) electrons. The van der Waals surface area contributed by atoms with Gasteiger partial charge in [-0.2, -0.15) is 5.10 Å². The number of terminal acetylenes is 1. The molecule has 0 atom stereocenters. The summed E-state index contributed by atoms with van der Waals surface area (Å²) in [6.07, 6.45) is 7.41. The molecule has 1 aromatic heterocycles. The molecule has 0 aliphatic heterocycles. The molecule has 0 aromatic carbocycles. The Labute approximate surface area is 118 Å². The van der Waals surface area contributed by atoms with Crippen LogP contribution in [0.2, 0.25) is 0 Å². The summed E-state index contributed by atoms with van der Waals surface area (Å²) < 4.78 is 28.0. The summed E-state index contributed by atoms with van der Waals surface area (Å²) in [5.41, 5.74) is 5.63. The van der Waals surface area contributed by atoms with Crippen molar-refractivity contribution in [2.24, 2.45) is 0 Å².